The summed E-state index contributed by atoms with van der Waals surface area (Å²) in [6.45, 7) is 3.52. The maximum absolute atomic E-state index is 12.0. The standard InChI is InChI=1S/C17H22N4O/c1-2-3-7-10-18-17-20-12-15(13-21-17)16(22)19-11-14-8-5-4-6-9-14/h4-6,8-9,12-13H,2-3,7,10-11H2,1H3,(H,19,22)(H,18,20,21). The van der Waals surface area contributed by atoms with Gasteiger partial charge in [0.2, 0.25) is 5.95 Å². The second-order valence-electron chi connectivity index (χ2n) is 5.10. The Morgan fingerprint density at radius 3 is 2.50 bits per heavy atom. The number of hydrogen-bond donors (Lipinski definition) is 2. The minimum Gasteiger partial charge on any atom is -0.354 e. The summed E-state index contributed by atoms with van der Waals surface area (Å²) >= 11 is 0. The molecule has 0 fully saturated rings. The van der Waals surface area contributed by atoms with Crippen molar-refractivity contribution in [2.75, 3.05) is 11.9 Å². The lowest BCUT2D eigenvalue weighted by Gasteiger charge is -2.06. The van der Waals surface area contributed by atoms with Crippen molar-refractivity contribution < 1.29 is 4.79 Å². The van der Waals surface area contributed by atoms with Crippen molar-refractivity contribution in [3.63, 3.8) is 0 Å². The average molecular weight is 298 g/mol. The molecule has 0 saturated heterocycles. The molecular weight excluding hydrogens is 276 g/mol. The van der Waals surface area contributed by atoms with E-state index in [1.54, 1.807) is 12.4 Å². The fraction of sp³-hybridized carbons (Fsp3) is 0.353. The minimum absolute atomic E-state index is 0.165. The van der Waals surface area contributed by atoms with Gasteiger partial charge in [-0.25, -0.2) is 9.97 Å². The van der Waals surface area contributed by atoms with Crippen LogP contribution in [-0.4, -0.2) is 22.4 Å². The lowest BCUT2D eigenvalue weighted by Crippen LogP contribution is -2.23. The van der Waals surface area contributed by atoms with Gasteiger partial charge in [-0.2, -0.15) is 0 Å². The molecule has 0 aliphatic carbocycles. The van der Waals surface area contributed by atoms with E-state index in [0.29, 0.717) is 18.1 Å². The molecule has 2 N–H and O–H groups in total. The second kappa shape index (κ2) is 8.77. The summed E-state index contributed by atoms with van der Waals surface area (Å²) in [7, 11) is 0. The van der Waals surface area contributed by atoms with Gasteiger partial charge in [-0.05, 0) is 12.0 Å². The maximum Gasteiger partial charge on any atom is 0.254 e. The number of nitrogens with one attached hydrogen (secondary N) is 2. The number of hydrogen-bond acceptors (Lipinski definition) is 4. The molecule has 0 unspecified atom stereocenters. The number of rotatable bonds is 8. The third-order valence-electron chi connectivity index (χ3n) is 3.27. The Balaban J connectivity index is 1.80. The van der Waals surface area contributed by atoms with Crippen LogP contribution in [0.15, 0.2) is 42.7 Å². The van der Waals surface area contributed by atoms with Gasteiger partial charge in [0.05, 0.1) is 5.56 Å². The summed E-state index contributed by atoms with van der Waals surface area (Å²) < 4.78 is 0. The fourth-order valence-electron chi connectivity index (χ4n) is 1.99. The van der Waals surface area contributed by atoms with Crippen LogP contribution in [0.4, 0.5) is 5.95 Å². The molecular formula is C17H22N4O. The zero-order chi connectivity index (χ0) is 15.6. The number of carbonyl (C=O) groups is 1. The van der Waals surface area contributed by atoms with Crippen LogP contribution in [0.3, 0.4) is 0 Å². The Morgan fingerprint density at radius 1 is 1.09 bits per heavy atom. The van der Waals surface area contributed by atoms with Gasteiger partial charge in [0.1, 0.15) is 0 Å². The van der Waals surface area contributed by atoms with Gasteiger partial charge in [-0.15, -0.1) is 0 Å². The first-order chi connectivity index (χ1) is 10.8. The summed E-state index contributed by atoms with van der Waals surface area (Å²) in [6.07, 6.45) is 6.57. The number of benzene rings is 1. The molecule has 22 heavy (non-hydrogen) atoms. The first kappa shape index (κ1) is 15.9. The van der Waals surface area contributed by atoms with Gasteiger partial charge in [0, 0.05) is 25.5 Å². The van der Waals surface area contributed by atoms with Crippen LogP contribution in [0, 0.1) is 0 Å². The number of carbonyl (C=O) groups excluding carboxylic acids is 1. The molecule has 5 heteroatoms. The van der Waals surface area contributed by atoms with Crippen molar-refractivity contribution in [3.8, 4) is 0 Å². The van der Waals surface area contributed by atoms with Gasteiger partial charge in [0.15, 0.2) is 0 Å². The fourth-order valence-corrected chi connectivity index (χ4v) is 1.99. The Kier molecular flexibility index (Phi) is 6.36. The van der Waals surface area contributed by atoms with Crippen LogP contribution in [-0.2, 0) is 6.54 Å². The molecule has 0 saturated carbocycles. The third-order valence-corrected chi connectivity index (χ3v) is 3.27. The van der Waals surface area contributed by atoms with Gasteiger partial charge >= 0.3 is 0 Å². The van der Waals surface area contributed by atoms with E-state index in [0.717, 1.165) is 18.5 Å². The number of aromatic nitrogens is 2. The largest absolute Gasteiger partial charge is 0.354 e. The first-order valence-electron chi connectivity index (χ1n) is 7.67. The van der Waals surface area contributed by atoms with E-state index in [4.69, 9.17) is 0 Å². The third kappa shape index (κ3) is 5.16. The van der Waals surface area contributed by atoms with E-state index in [1.165, 1.54) is 12.8 Å². The zero-order valence-electron chi connectivity index (χ0n) is 12.9. The van der Waals surface area contributed by atoms with Crippen molar-refractivity contribution >= 4 is 11.9 Å². The number of nitrogens with zero attached hydrogens (tertiary/aromatic N) is 2. The van der Waals surface area contributed by atoms with Crippen molar-refractivity contribution in [2.45, 2.75) is 32.7 Å². The highest BCUT2D eigenvalue weighted by Crippen LogP contribution is 2.03. The number of unbranched alkanes of at least 4 members (excludes halogenated alkanes) is 2. The normalized spacial score (nSPS) is 10.2. The maximum atomic E-state index is 12.0. The molecule has 5 nitrogen and oxygen atoms in total. The molecule has 1 amide bonds. The average Bonchev–Trinajstić information content (AvgIpc) is 2.58. The minimum atomic E-state index is -0.165. The zero-order valence-corrected chi connectivity index (χ0v) is 12.9. The summed E-state index contributed by atoms with van der Waals surface area (Å²) in [5.41, 5.74) is 1.53. The molecule has 1 heterocycles. The van der Waals surface area contributed by atoms with E-state index in [9.17, 15) is 4.79 Å². The van der Waals surface area contributed by atoms with Crippen LogP contribution in [0.25, 0.3) is 0 Å². The lowest BCUT2D eigenvalue weighted by atomic mass is 10.2. The van der Waals surface area contributed by atoms with Crippen LogP contribution < -0.4 is 10.6 Å². The van der Waals surface area contributed by atoms with E-state index in [2.05, 4.69) is 27.5 Å². The van der Waals surface area contributed by atoms with Gasteiger partial charge in [-0.1, -0.05) is 50.1 Å². The van der Waals surface area contributed by atoms with Crippen LogP contribution >= 0.6 is 0 Å². The molecule has 0 aliphatic rings. The quantitative estimate of drug-likeness (QED) is 0.735. The highest BCUT2D eigenvalue weighted by atomic mass is 16.1. The van der Waals surface area contributed by atoms with Crippen LogP contribution in [0.1, 0.15) is 42.1 Å². The highest BCUT2D eigenvalue weighted by molar-refractivity contribution is 5.93. The SMILES string of the molecule is CCCCCNc1ncc(C(=O)NCc2ccccc2)cn1. The molecule has 2 rings (SSSR count). The molecule has 0 atom stereocenters. The van der Waals surface area contributed by atoms with E-state index >= 15 is 0 Å². The Bertz CT molecular complexity index is 569. The van der Waals surface area contributed by atoms with Crippen molar-refractivity contribution in [3.05, 3.63) is 53.9 Å². The van der Waals surface area contributed by atoms with E-state index in [1.807, 2.05) is 30.3 Å². The number of amides is 1. The highest BCUT2D eigenvalue weighted by Gasteiger charge is 2.06. The predicted octanol–water partition coefficient (Wildman–Crippen LogP) is 3.01. The van der Waals surface area contributed by atoms with Crippen molar-refractivity contribution in [1.29, 1.82) is 0 Å². The second-order valence-corrected chi connectivity index (χ2v) is 5.10. The summed E-state index contributed by atoms with van der Waals surface area (Å²) in [5, 5.41) is 6.00. The molecule has 116 valence electrons. The van der Waals surface area contributed by atoms with Crippen LogP contribution in [0.5, 0.6) is 0 Å². The Labute approximate surface area is 131 Å². The Hall–Kier alpha value is -2.43. The van der Waals surface area contributed by atoms with E-state index < -0.39 is 0 Å². The topological polar surface area (TPSA) is 66.9 Å². The van der Waals surface area contributed by atoms with Crippen LogP contribution in [0.2, 0.25) is 0 Å². The smallest absolute Gasteiger partial charge is 0.254 e. The first-order valence-corrected chi connectivity index (χ1v) is 7.67. The number of anilines is 1. The van der Waals surface area contributed by atoms with Crippen molar-refractivity contribution in [1.82, 2.24) is 15.3 Å². The van der Waals surface area contributed by atoms with E-state index in [-0.39, 0.29) is 5.91 Å². The Morgan fingerprint density at radius 2 is 1.82 bits per heavy atom. The molecule has 0 spiro atoms. The van der Waals surface area contributed by atoms with Gasteiger partial charge in [0.25, 0.3) is 5.91 Å². The summed E-state index contributed by atoms with van der Waals surface area (Å²) in [6, 6.07) is 9.79. The summed E-state index contributed by atoms with van der Waals surface area (Å²) in [5.74, 6) is 0.400. The van der Waals surface area contributed by atoms with Gasteiger partial charge in [-0.3, -0.25) is 4.79 Å². The molecule has 0 bridgehead atoms. The van der Waals surface area contributed by atoms with Gasteiger partial charge < -0.3 is 10.6 Å². The molecule has 1 aromatic carbocycles. The lowest BCUT2D eigenvalue weighted by molar-refractivity contribution is 0.0950. The molecule has 0 aliphatic heterocycles. The molecule has 1 aromatic heterocycles. The summed E-state index contributed by atoms with van der Waals surface area (Å²) in [4.78, 5) is 20.4. The molecule has 0 radical (unpaired) electrons. The van der Waals surface area contributed by atoms with Crippen molar-refractivity contribution in [2.24, 2.45) is 0 Å². The predicted molar refractivity (Wildman–Crippen MR) is 87.7 cm³/mol. The monoisotopic (exact) mass is 298 g/mol. The molecule has 2 aromatic rings.